The van der Waals surface area contributed by atoms with Gasteiger partial charge in [-0.25, -0.2) is 0 Å². The minimum absolute atomic E-state index is 0.0347. The van der Waals surface area contributed by atoms with Crippen LogP contribution in [0.5, 0.6) is 0 Å². The Bertz CT molecular complexity index is 298. The van der Waals surface area contributed by atoms with Gasteiger partial charge in [-0.1, -0.05) is 6.58 Å². The molecule has 4 nitrogen and oxygen atoms in total. The molecule has 4 heteroatoms. The van der Waals surface area contributed by atoms with Gasteiger partial charge >= 0.3 is 0 Å². The van der Waals surface area contributed by atoms with Crippen LogP contribution in [0.3, 0.4) is 0 Å². The van der Waals surface area contributed by atoms with Crippen molar-refractivity contribution >= 4 is 11.8 Å². The van der Waals surface area contributed by atoms with E-state index >= 15 is 0 Å². The standard InChI is InChI=1S/C13H22N2O2/c1-4-12(16)15-9-7-8-11(10-15)13(17)14(5-2)6-3/h4,11H,1,5-10H2,2-3H3/t11-/m0/s1. The summed E-state index contributed by atoms with van der Waals surface area (Å²) >= 11 is 0. The van der Waals surface area contributed by atoms with Crippen molar-refractivity contribution in [3.8, 4) is 0 Å². The van der Waals surface area contributed by atoms with Crippen LogP contribution in [0, 0.1) is 5.92 Å². The minimum atomic E-state index is -0.0675. The SMILES string of the molecule is C=CC(=O)N1CCC[C@H](C(=O)N(CC)CC)C1. The van der Waals surface area contributed by atoms with Crippen LogP contribution in [0.2, 0.25) is 0 Å². The molecule has 1 aliphatic heterocycles. The van der Waals surface area contributed by atoms with Gasteiger partial charge in [-0.15, -0.1) is 0 Å². The van der Waals surface area contributed by atoms with Crippen molar-refractivity contribution in [2.75, 3.05) is 26.2 Å². The van der Waals surface area contributed by atoms with Gasteiger partial charge in [0, 0.05) is 26.2 Å². The average Bonchev–Trinajstić information content (AvgIpc) is 2.39. The Hall–Kier alpha value is -1.32. The molecule has 0 aromatic rings. The summed E-state index contributed by atoms with van der Waals surface area (Å²) < 4.78 is 0. The van der Waals surface area contributed by atoms with Gasteiger partial charge in [0.25, 0.3) is 0 Å². The summed E-state index contributed by atoms with van der Waals surface area (Å²) in [7, 11) is 0. The number of likely N-dealkylation sites (tertiary alicyclic amines) is 1. The van der Waals surface area contributed by atoms with Crippen molar-refractivity contribution in [2.45, 2.75) is 26.7 Å². The molecule has 1 atom stereocenters. The molecule has 0 aromatic heterocycles. The predicted molar refractivity (Wildman–Crippen MR) is 67.4 cm³/mol. The number of carbonyl (C=O) groups is 2. The predicted octanol–water partition coefficient (Wildman–Crippen LogP) is 1.28. The van der Waals surface area contributed by atoms with E-state index in [0.29, 0.717) is 6.54 Å². The molecule has 1 saturated heterocycles. The number of rotatable bonds is 4. The third kappa shape index (κ3) is 3.32. The Kier molecular flexibility index (Phi) is 5.19. The number of hydrogen-bond acceptors (Lipinski definition) is 2. The van der Waals surface area contributed by atoms with Crippen molar-refractivity contribution < 1.29 is 9.59 Å². The number of hydrogen-bond donors (Lipinski definition) is 0. The lowest BCUT2D eigenvalue weighted by Crippen LogP contribution is -2.46. The molecular formula is C13H22N2O2. The first kappa shape index (κ1) is 13.7. The largest absolute Gasteiger partial charge is 0.343 e. The Morgan fingerprint density at radius 3 is 2.59 bits per heavy atom. The lowest BCUT2D eigenvalue weighted by atomic mass is 9.96. The summed E-state index contributed by atoms with van der Waals surface area (Å²) in [6.45, 7) is 10.2. The fourth-order valence-corrected chi connectivity index (χ4v) is 2.30. The summed E-state index contributed by atoms with van der Waals surface area (Å²) in [6.07, 6.45) is 3.11. The zero-order chi connectivity index (χ0) is 12.8. The second-order valence-corrected chi connectivity index (χ2v) is 4.34. The topological polar surface area (TPSA) is 40.6 Å². The molecule has 1 heterocycles. The van der Waals surface area contributed by atoms with Crippen LogP contribution in [-0.2, 0) is 9.59 Å². The highest BCUT2D eigenvalue weighted by Gasteiger charge is 2.29. The van der Waals surface area contributed by atoms with Crippen LogP contribution < -0.4 is 0 Å². The van der Waals surface area contributed by atoms with Crippen molar-refractivity contribution in [3.05, 3.63) is 12.7 Å². The Labute approximate surface area is 103 Å². The molecule has 0 radical (unpaired) electrons. The molecule has 0 aliphatic carbocycles. The van der Waals surface area contributed by atoms with E-state index < -0.39 is 0 Å². The summed E-state index contributed by atoms with van der Waals surface area (Å²) in [6, 6.07) is 0. The number of nitrogens with zero attached hydrogens (tertiary/aromatic N) is 2. The fraction of sp³-hybridized carbons (Fsp3) is 0.692. The maximum Gasteiger partial charge on any atom is 0.245 e. The first-order valence-electron chi connectivity index (χ1n) is 6.34. The Balaban J connectivity index is 2.62. The van der Waals surface area contributed by atoms with Crippen LogP contribution in [0.25, 0.3) is 0 Å². The Morgan fingerprint density at radius 2 is 2.06 bits per heavy atom. The van der Waals surface area contributed by atoms with E-state index in [4.69, 9.17) is 0 Å². The second-order valence-electron chi connectivity index (χ2n) is 4.34. The lowest BCUT2D eigenvalue weighted by Gasteiger charge is -2.34. The van der Waals surface area contributed by atoms with E-state index in [1.54, 1.807) is 4.90 Å². The highest BCUT2D eigenvalue weighted by atomic mass is 16.2. The van der Waals surface area contributed by atoms with Crippen molar-refractivity contribution in [3.63, 3.8) is 0 Å². The number of piperidine rings is 1. The van der Waals surface area contributed by atoms with E-state index in [-0.39, 0.29) is 17.7 Å². The fourth-order valence-electron chi connectivity index (χ4n) is 2.30. The van der Waals surface area contributed by atoms with Crippen LogP contribution in [-0.4, -0.2) is 47.8 Å². The van der Waals surface area contributed by atoms with Gasteiger partial charge in [0.05, 0.1) is 5.92 Å². The summed E-state index contributed by atoms with van der Waals surface area (Å²) in [5, 5.41) is 0. The molecule has 1 rings (SSSR count). The minimum Gasteiger partial charge on any atom is -0.343 e. The normalized spacial score (nSPS) is 19.9. The van der Waals surface area contributed by atoms with E-state index in [1.807, 2.05) is 18.7 Å². The quantitative estimate of drug-likeness (QED) is 0.692. The molecular weight excluding hydrogens is 216 g/mol. The van der Waals surface area contributed by atoms with Crippen LogP contribution in [0.15, 0.2) is 12.7 Å². The average molecular weight is 238 g/mol. The van der Waals surface area contributed by atoms with E-state index in [9.17, 15) is 9.59 Å². The molecule has 1 fully saturated rings. The van der Waals surface area contributed by atoms with Gasteiger partial charge in [-0.05, 0) is 32.8 Å². The summed E-state index contributed by atoms with van der Waals surface area (Å²) in [5.74, 6) is 0.0751. The smallest absolute Gasteiger partial charge is 0.245 e. The Morgan fingerprint density at radius 1 is 1.41 bits per heavy atom. The zero-order valence-corrected chi connectivity index (χ0v) is 10.8. The molecule has 96 valence electrons. The van der Waals surface area contributed by atoms with Gasteiger partial charge < -0.3 is 9.80 Å². The molecule has 0 spiro atoms. The second kappa shape index (κ2) is 6.42. The van der Waals surface area contributed by atoms with Gasteiger partial charge in [0.1, 0.15) is 0 Å². The first-order chi connectivity index (χ1) is 8.13. The van der Waals surface area contributed by atoms with E-state index in [0.717, 1.165) is 32.5 Å². The highest BCUT2D eigenvalue weighted by Crippen LogP contribution is 2.19. The van der Waals surface area contributed by atoms with E-state index in [2.05, 4.69) is 6.58 Å². The monoisotopic (exact) mass is 238 g/mol. The van der Waals surface area contributed by atoms with Crippen LogP contribution >= 0.6 is 0 Å². The highest BCUT2D eigenvalue weighted by molar-refractivity contribution is 5.88. The molecule has 0 N–H and O–H groups in total. The third-order valence-corrected chi connectivity index (χ3v) is 3.33. The zero-order valence-electron chi connectivity index (χ0n) is 10.8. The molecule has 0 saturated carbocycles. The summed E-state index contributed by atoms with van der Waals surface area (Å²) in [4.78, 5) is 27.3. The van der Waals surface area contributed by atoms with Gasteiger partial charge in [0.2, 0.25) is 11.8 Å². The number of amides is 2. The van der Waals surface area contributed by atoms with Gasteiger partial charge in [0.15, 0.2) is 0 Å². The van der Waals surface area contributed by atoms with Crippen molar-refractivity contribution in [2.24, 2.45) is 5.92 Å². The molecule has 17 heavy (non-hydrogen) atoms. The lowest BCUT2D eigenvalue weighted by molar-refractivity contribution is -0.139. The molecule has 2 amide bonds. The maximum absolute atomic E-state index is 12.2. The summed E-state index contributed by atoms with van der Waals surface area (Å²) in [5.41, 5.74) is 0. The van der Waals surface area contributed by atoms with Gasteiger partial charge in [-0.2, -0.15) is 0 Å². The van der Waals surface area contributed by atoms with Gasteiger partial charge in [-0.3, -0.25) is 9.59 Å². The van der Waals surface area contributed by atoms with Crippen LogP contribution in [0.4, 0.5) is 0 Å². The first-order valence-corrected chi connectivity index (χ1v) is 6.34. The molecule has 0 aromatic carbocycles. The number of carbonyl (C=O) groups excluding carboxylic acids is 2. The van der Waals surface area contributed by atoms with Crippen molar-refractivity contribution in [1.29, 1.82) is 0 Å². The van der Waals surface area contributed by atoms with Crippen molar-refractivity contribution in [1.82, 2.24) is 9.80 Å². The molecule has 0 unspecified atom stereocenters. The third-order valence-electron chi connectivity index (χ3n) is 3.33. The molecule has 1 aliphatic rings. The molecule has 0 bridgehead atoms. The van der Waals surface area contributed by atoms with E-state index in [1.165, 1.54) is 6.08 Å². The maximum atomic E-state index is 12.2. The van der Waals surface area contributed by atoms with Crippen LogP contribution in [0.1, 0.15) is 26.7 Å².